The standard InChI is InChI=1S/C17H27FN2/c1-11(2)13-4-6-14(7-5-13)17(20-19)15-8-9-16(18)12(3)10-15/h8-11,13-14,17,20H,4-7,19H2,1-3H3. The van der Waals surface area contributed by atoms with Gasteiger partial charge in [0.05, 0.1) is 0 Å². The number of hydrogen-bond acceptors (Lipinski definition) is 2. The van der Waals surface area contributed by atoms with Crippen LogP contribution >= 0.6 is 0 Å². The van der Waals surface area contributed by atoms with Gasteiger partial charge >= 0.3 is 0 Å². The molecular formula is C17H27FN2. The van der Waals surface area contributed by atoms with Gasteiger partial charge in [-0.15, -0.1) is 0 Å². The average Bonchev–Trinajstić information content (AvgIpc) is 2.44. The molecule has 0 aromatic heterocycles. The van der Waals surface area contributed by atoms with E-state index in [1.807, 2.05) is 19.1 Å². The van der Waals surface area contributed by atoms with Gasteiger partial charge < -0.3 is 0 Å². The number of hydrazine groups is 1. The first-order valence-electron chi connectivity index (χ1n) is 7.75. The van der Waals surface area contributed by atoms with Gasteiger partial charge in [0.1, 0.15) is 5.82 Å². The molecule has 2 rings (SSSR count). The number of rotatable bonds is 4. The van der Waals surface area contributed by atoms with Gasteiger partial charge in [0.25, 0.3) is 0 Å². The van der Waals surface area contributed by atoms with Crippen molar-refractivity contribution in [3.63, 3.8) is 0 Å². The van der Waals surface area contributed by atoms with Crippen molar-refractivity contribution in [1.82, 2.24) is 5.43 Å². The molecule has 1 aromatic carbocycles. The Morgan fingerprint density at radius 3 is 2.25 bits per heavy atom. The van der Waals surface area contributed by atoms with E-state index in [9.17, 15) is 4.39 Å². The van der Waals surface area contributed by atoms with E-state index in [4.69, 9.17) is 5.84 Å². The molecule has 1 aliphatic carbocycles. The van der Waals surface area contributed by atoms with Crippen molar-refractivity contribution in [2.45, 2.75) is 52.5 Å². The van der Waals surface area contributed by atoms with E-state index in [0.717, 1.165) is 17.4 Å². The number of nitrogens with one attached hydrogen (secondary N) is 1. The highest BCUT2D eigenvalue weighted by molar-refractivity contribution is 5.27. The second kappa shape index (κ2) is 6.68. The number of benzene rings is 1. The molecule has 0 spiro atoms. The minimum atomic E-state index is -0.145. The van der Waals surface area contributed by atoms with Gasteiger partial charge in [-0.25, -0.2) is 4.39 Å². The highest BCUT2D eigenvalue weighted by Gasteiger charge is 2.29. The smallest absolute Gasteiger partial charge is 0.126 e. The summed E-state index contributed by atoms with van der Waals surface area (Å²) in [6.07, 6.45) is 4.96. The van der Waals surface area contributed by atoms with Crippen molar-refractivity contribution in [2.24, 2.45) is 23.6 Å². The zero-order valence-electron chi connectivity index (χ0n) is 12.8. The summed E-state index contributed by atoms with van der Waals surface area (Å²) in [5.74, 6) is 7.80. The Morgan fingerprint density at radius 2 is 1.75 bits per heavy atom. The fourth-order valence-corrected chi connectivity index (χ4v) is 3.51. The quantitative estimate of drug-likeness (QED) is 0.643. The van der Waals surface area contributed by atoms with E-state index in [2.05, 4.69) is 19.3 Å². The molecular weight excluding hydrogens is 251 g/mol. The van der Waals surface area contributed by atoms with Crippen LogP contribution in [-0.2, 0) is 0 Å². The summed E-state index contributed by atoms with van der Waals surface area (Å²) in [4.78, 5) is 0. The largest absolute Gasteiger partial charge is 0.271 e. The van der Waals surface area contributed by atoms with Crippen LogP contribution in [0.15, 0.2) is 18.2 Å². The van der Waals surface area contributed by atoms with Gasteiger partial charge in [0.15, 0.2) is 0 Å². The van der Waals surface area contributed by atoms with Crippen molar-refractivity contribution >= 4 is 0 Å². The number of hydrogen-bond donors (Lipinski definition) is 2. The predicted molar refractivity (Wildman–Crippen MR) is 81.5 cm³/mol. The summed E-state index contributed by atoms with van der Waals surface area (Å²) in [7, 11) is 0. The normalized spacial score (nSPS) is 24.9. The highest BCUT2D eigenvalue weighted by atomic mass is 19.1. The molecule has 3 heteroatoms. The van der Waals surface area contributed by atoms with Gasteiger partial charge in [0, 0.05) is 6.04 Å². The fourth-order valence-electron chi connectivity index (χ4n) is 3.51. The molecule has 0 radical (unpaired) electrons. The lowest BCUT2D eigenvalue weighted by Crippen LogP contribution is -2.36. The molecule has 3 N–H and O–H groups in total. The second-order valence-corrected chi connectivity index (χ2v) is 6.57. The molecule has 2 nitrogen and oxygen atoms in total. The van der Waals surface area contributed by atoms with Crippen molar-refractivity contribution < 1.29 is 4.39 Å². The Morgan fingerprint density at radius 1 is 1.15 bits per heavy atom. The maximum absolute atomic E-state index is 13.4. The Balaban J connectivity index is 2.07. The summed E-state index contributed by atoms with van der Waals surface area (Å²) in [6.45, 7) is 6.43. The zero-order chi connectivity index (χ0) is 14.7. The lowest BCUT2D eigenvalue weighted by molar-refractivity contribution is 0.189. The maximum atomic E-state index is 13.4. The topological polar surface area (TPSA) is 38.0 Å². The van der Waals surface area contributed by atoms with Crippen LogP contribution in [0.25, 0.3) is 0 Å². The number of aryl methyl sites for hydroxylation is 1. The molecule has 0 heterocycles. The van der Waals surface area contributed by atoms with E-state index >= 15 is 0 Å². The van der Waals surface area contributed by atoms with Crippen LogP contribution < -0.4 is 11.3 Å². The Hall–Kier alpha value is -0.930. The number of nitrogens with two attached hydrogens (primary N) is 1. The first-order chi connectivity index (χ1) is 9.52. The van der Waals surface area contributed by atoms with Gasteiger partial charge in [-0.3, -0.25) is 11.3 Å². The molecule has 1 fully saturated rings. The van der Waals surface area contributed by atoms with E-state index in [0.29, 0.717) is 11.5 Å². The SMILES string of the molecule is Cc1cc(C(NN)C2CCC(C(C)C)CC2)ccc1F. The summed E-state index contributed by atoms with van der Waals surface area (Å²) < 4.78 is 13.4. The third-order valence-corrected chi connectivity index (χ3v) is 4.95. The molecule has 1 atom stereocenters. The van der Waals surface area contributed by atoms with E-state index in [-0.39, 0.29) is 11.9 Å². The Labute approximate surface area is 121 Å². The molecule has 0 saturated heterocycles. The van der Waals surface area contributed by atoms with Gasteiger partial charge in [-0.05, 0) is 67.6 Å². The zero-order valence-corrected chi connectivity index (χ0v) is 12.8. The highest BCUT2D eigenvalue weighted by Crippen LogP contribution is 2.39. The van der Waals surface area contributed by atoms with E-state index in [1.165, 1.54) is 25.7 Å². The lowest BCUT2D eigenvalue weighted by atomic mass is 9.73. The van der Waals surface area contributed by atoms with Gasteiger partial charge in [-0.2, -0.15) is 0 Å². The van der Waals surface area contributed by atoms with Crippen LogP contribution in [0.4, 0.5) is 4.39 Å². The third kappa shape index (κ3) is 3.39. The molecule has 1 saturated carbocycles. The molecule has 1 unspecified atom stereocenters. The van der Waals surface area contributed by atoms with E-state index < -0.39 is 0 Å². The van der Waals surface area contributed by atoms with Crippen LogP contribution in [0, 0.1) is 30.5 Å². The summed E-state index contributed by atoms with van der Waals surface area (Å²) in [6, 6.07) is 5.48. The first-order valence-corrected chi connectivity index (χ1v) is 7.75. The molecule has 0 aliphatic heterocycles. The molecule has 0 amide bonds. The summed E-state index contributed by atoms with van der Waals surface area (Å²) in [5.41, 5.74) is 4.76. The summed E-state index contributed by atoms with van der Waals surface area (Å²) in [5, 5.41) is 0. The number of halogens is 1. The second-order valence-electron chi connectivity index (χ2n) is 6.57. The lowest BCUT2D eigenvalue weighted by Gasteiger charge is -2.35. The summed E-state index contributed by atoms with van der Waals surface area (Å²) >= 11 is 0. The van der Waals surface area contributed by atoms with Crippen LogP contribution in [0.1, 0.15) is 56.7 Å². The minimum Gasteiger partial charge on any atom is -0.271 e. The molecule has 1 aromatic rings. The van der Waals surface area contributed by atoms with Crippen LogP contribution in [0.3, 0.4) is 0 Å². The Bertz CT molecular complexity index is 437. The predicted octanol–water partition coefficient (Wildman–Crippen LogP) is 4.10. The maximum Gasteiger partial charge on any atom is 0.126 e. The van der Waals surface area contributed by atoms with Crippen molar-refractivity contribution in [2.75, 3.05) is 0 Å². The van der Waals surface area contributed by atoms with Crippen molar-refractivity contribution in [3.05, 3.63) is 35.1 Å². The van der Waals surface area contributed by atoms with Crippen molar-refractivity contribution in [1.29, 1.82) is 0 Å². The van der Waals surface area contributed by atoms with E-state index in [1.54, 1.807) is 6.07 Å². The van der Waals surface area contributed by atoms with Gasteiger partial charge in [0.2, 0.25) is 0 Å². The molecule has 20 heavy (non-hydrogen) atoms. The van der Waals surface area contributed by atoms with Crippen LogP contribution in [0.2, 0.25) is 0 Å². The molecule has 112 valence electrons. The van der Waals surface area contributed by atoms with Crippen LogP contribution in [-0.4, -0.2) is 0 Å². The van der Waals surface area contributed by atoms with Gasteiger partial charge in [-0.1, -0.05) is 26.0 Å². The van der Waals surface area contributed by atoms with Crippen molar-refractivity contribution in [3.8, 4) is 0 Å². The molecule has 0 bridgehead atoms. The fraction of sp³-hybridized carbons (Fsp3) is 0.647. The first kappa shape index (κ1) is 15.5. The average molecular weight is 278 g/mol. The van der Waals surface area contributed by atoms with Crippen LogP contribution in [0.5, 0.6) is 0 Å². The monoisotopic (exact) mass is 278 g/mol. The Kier molecular flexibility index (Phi) is 5.17. The third-order valence-electron chi connectivity index (χ3n) is 4.95. The molecule has 1 aliphatic rings. The minimum absolute atomic E-state index is 0.141.